The van der Waals surface area contributed by atoms with Gasteiger partial charge in [-0.3, -0.25) is 4.90 Å². The molecule has 3 nitrogen and oxygen atoms in total. The normalized spacial score (nSPS) is 11.7. The van der Waals surface area contributed by atoms with E-state index in [4.69, 9.17) is 5.26 Å². The smallest absolute Gasteiger partial charge is 0.371 e. The Hall–Kier alpha value is -0.800. The summed E-state index contributed by atoms with van der Waals surface area (Å²) in [5, 5.41) is 8.21. The minimum absolute atomic E-state index is 0.0162. The summed E-state index contributed by atoms with van der Waals surface area (Å²) in [5.41, 5.74) is 0. The zero-order valence-electron chi connectivity index (χ0n) is 7.26. The molecule has 0 aromatic heterocycles. The van der Waals surface area contributed by atoms with Crippen LogP contribution in [0.3, 0.4) is 0 Å². The maximum absolute atomic E-state index is 11.5. The lowest BCUT2D eigenvalue weighted by atomic mass is 10.5. The molecule has 0 aromatic carbocycles. The van der Waals surface area contributed by atoms with Crippen molar-refractivity contribution in [2.24, 2.45) is 0 Å². The SMILES string of the molecule is CN(CC#N)CCOCC(F)(F)F. The first kappa shape index (κ1) is 12.2. The molecule has 0 aliphatic rings. The van der Waals surface area contributed by atoms with Crippen molar-refractivity contribution >= 4 is 0 Å². The predicted molar refractivity (Wildman–Crippen MR) is 40.0 cm³/mol. The van der Waals surface area contributed by atoms with Gasteiger partial charge >= 0.3 is 6.18 Å². The molecule has 0 fully saturated rings. The third-order valence-corrected chi connectivity index (χ3v) is 1.22. The molecule has 13 heavy (non-hydrogen) atoms. The molecule has 0 aromatic rings. The number of halogens is 3. The fourth-order valence-corrected chi connectivity index (χ4v) is 0.608. The standard InChI is InChI=1S/C7H11F3N2O/c1-12(3-2-11)4-5-13-6-7(8,9)10/h3-6H2,1H3. The molecule has 0 atom stereocenters. The van der Waals surface area contributed by atoms with Crippen molar-refractivity contribution < 1.29 is 17.9 Å². The zero-order chi connectivity index (χ0) is 10.3. The van der Waals surface area contributed by atoms with Crippen molar-refractivity contribution in [1.82, 2.24) is 4.90 Å². The highest BCUT2D eigenvalue weighted by Crippen LogP contribution is 2.13. The van der Waals surface area contributed by atoms with Gasteiger partial charge in [-0.2, -0.15) is 18.4 Å². The molecule has 6 heteroatoms. The third kappa shape index (κ3) is 9.11. The Kier molecular flexibility index (Phi) is 5.42. The van der Waals surface area contributed by atoms with Gasteiger partial charge in [-0.25, -0.2) is 0 Å². The number of nitriles is 1. The quantitative estimate of drug-likeness (QED) is 0.486. The lowest BCUT2D eigenvalue weighted by molar-refractivity contribution is -0.174. The largest absolute Gasteiger partial charge is 0.411 e. The molecule has 0 bridgehead atoms. The van der Waals surface area contributed by atoms with Gasteiger partial charge in [0.15, 0.2) is 0 Å². The summed E-state index contributed by atoms with van der Waals surface area (Å²) in [5.74, 6) is 0. The first-order valence-corrected chi connectivity index (χ1v) is 3.65. The van der Waals surface area contributed by atoms with Crippen molar-refractivity contribution in [2.45, 2.75) is 6.18 Å². The average molecular weight is 196 g/mol. The van der Waals surface area contributed by atoms with Crippen LogP contribution in [0.5, 0.6) is 0 Å². The van der Waals surface area contributed by atoms with Crippen molar-refractivity contribution in [2.75, 3.05) is 33.4 Å². The van der Waals surface area contributed by atoms with E-state index in [1.807, 2.05) is 6.07 Å². The maximum atomic E-state index is 11.5. The lowest BCUT2D eigenvalue weighted by Gasteiger charge is -2.12. The van der Waals surface area contributed by atoms with Crippen LogP contribution in [0.25, 0.3) is 0 Å². The summed E-state index contributed by atoms with van der Waals surface area (Å²) in [6, 6.07) is 1.87. The summed E-state index contributed by atoms with van der Waals surface area (Å²) in [6.07, 6.45) is -4.27. The van der Waals surface area contributed by atoms with Crippen LogP contribution in [-0.2, 0) is 4.74 Å². The fourth-order valence-electron chi connectivity index (χ4n) is 0.608. The summed E-state index contributed by atoms with van der Waals surface area (Å²) in [7, 11) is 1.64. The number of alkyl halides is 3. The first-order chi connectivity index (χ1) is 5.95. The van der Waals surface area contributed by atoms with Gasteiger partial charge in [0.1, 0.15) is 6.61 Å². The van der Waals surface area contributed by atoms with E-state index in [0.717, 1.165) is 0 Å². The lowest BCUT2D eigenvalue weighted by Crippen LogP contribution is -2.26. The van der Waals surface area contributed by atoms with E-state index in [2.05, 4.69) is 4.74 Å². The van der Waals surface area contributed by atoms with Crippen LogP contribution >= 0.6 is 0 Å². The van der Waals surface area contributed by atoms with Gasteiger partial charge in [0, 0.05) is 6.54 Å². The van der Waals surface area contributed by atoms with Gasteiger partial charge in [0.2, 0.25) is 0 Å². The fraction of sp³-hybridized carbons (Fsp3) is 0.857. The first-order valence-electron chi connectivity index (χ1n) is 3.65. The van der Waals surface area contributed by atoms with Crippen molar-refractivity contribution in [1.29, 1.82) is 5.26 Å². The summed E-state index contributed by atoms with van der Waals surface area (Å²) in [4.78, 5) is 1.58. The molecule has 0 unspecified atom stereocenters. The van der Waals surface area contributed by atoms with E-state index in [1.165, 1.54) is 0 Å². The molecular weight excluding hydrogens is 185 g/mol. The minimum Gasteiger partial charge on any atom is -0.371 e. The molecule has 76 valence electrons. The van der Waals surface area contributed by atoms with Gasteiger partial charge in [0.05, 0.1) is 19.2 Å². The van der Waals surface area contributed by atoms with E-state index in [0.29, 0.717) is 6.54 Å². The number of hydrogen-bond acceptors (Lipinski definition) is 3. The topological polar surface area (TPSA) is 36.3 Å². The van der Waals surface area contributed by atoms with E-state index in [9.17, 15) is 13.2 Å². The Balaban J connectivity index is 3.32. The van der Waals surface area contributed by atoms with E-state index >= 15 is 0 Å². The molecule has 0 spiro atoms. The van der Waals surface area contributed by atoms with Crippen LogP contribution in [-0.4, -0.2) is 44.4 Å². The maximum Gasteiger partial charge on any atom is 0.411 e. The Labute approximate surface area is 74.7 Å². The molecule has 0 N–H and O–H groups in total. The molecule has 0 saturated heterocycles. The molecule has 0 rings (SSSR count). The number of nitrogens with zero attached hydrogens (tertiary/aromatic N) is 2. The van der Waals surface area contributed by atoms with Gasteiger partial charge < -0.3 is 4.74 Å². The average Bonchev–Trinajstić information content (AvgIpc) is 1.97. The second-order valence-corrected chi connectivity index (χ2v) is 2.56. The third-order valence-electron chi connectivity index (χ3n) is 1.22. The molecule has 0 aliphatic carbocycles. The highest BCUT2D eigenvalue weighted by molar-refractivity contribution is 4.73. The zero-order valence-corrected chi connectivity index (χ0v) is 7.26. The van der Waals surface area contributed by atoms with Crippen molar-refractivity contribution in [3.05, 3.63) is 0 Å². The highest BCUT2D eigenvalue weighted by atomic mass is 19.4. The van der Waals surface area contributed by atoms with Crippen LogP contribution < -0.4 is 0 Å². The predicted octanol–water partition coefficient (Wildman–Crippen LogP) is 1.02. The Morgan fingerprint density at radius 1 is 1.46 bits per heavy atom. The summed E-state index contributed by atoms with van der Waals surface area (Å²) < 4.78 is 39.0. The van der Waals surface area contributed by atoms with Gasteiger partial charge in [-0.1, -0.05) is 0 Å². The van der Waals surface area contributed by atoms with Crippen LogP contribution in [0.15, 0.2) is 0 Å². The molecule has 0 amide bonds. The summed E-state index contributed by atoms with van der Waals surface area (Å²) in [6.45, 7) is -0.732. The molecule has 0 saturated carbocycles. The Morgan fingerprint density at radius 3 is 2.54 bits per heavy atom. The van der Waals surface area contributed by atoms with Crippen molar-refractivity contribution in [3.63, 3.8) is 0 Å². The second-order valence-electron chi connectivity index (χ2n) is 2.56. The number of rotatable bonds is 5. The Morgan fingerprint density at radius 2 is 2.08 bits per heavy atom. The molecule has 0 radical (unpaired) electrons. The number of likely N-dealkylation sites (N-methyl/N-ethyl adjacent to an activating group) is 1. The Bertz CT molecular complexity index is 176. The van der Waals surface area contributed by atoms with Crippen LogP contribution in [0, 0.1) is 11.3 Å². The number of hydrogen-bond donors (Lipinski definition) is 0. The molecule has 0 heterocycles. The molecule has 0 aliphatic heterocycles. The van der Waals surface area contributed by atoms with Crippen LogP contribution in [0.1, 0.15) is 0 Å². The van der Waals surface area contributed by atoms with E-state index in [-0.39, 0.29) is 13.2 Å². The van der Waals surface area contributed by atoms with Crippen molar-refractivity contribution in [3.8, 4) is 6.07 Å². The van der Waals surface area contributed by atoms with Gasteiger partial charge in [-0.15, -0.1) is 0 Å². The highest BCUT2D eigenvalue weighted by Gasteiger charge is 2.27. The molecular formula is C7H11F3N2O. The van der Waals surface area contributed by atoms with E-state index < -0.39 is 12.8 Å². The summed E-state index contributed by atoms with van der Waals surface area (Å²) >= 11 is 0. The second kappa shape index (κ2) is 5.78. The monoisotopic (exact) mass is 196 g/mol. The van der Waals surface area contributed by atoms with Crippen LogP contribution in [0.2, 0.25) is 0 Å². The van der Waals surface area contributed by atoms with Gasteiger partial charge in [0.25, 0.3) is 0 Å². The van der Waals surface area contributed by atoms with E-state index in [1.54, 1.807) is 11.9 Å². The van der Waals surface area contributed by atoms with Gasteiger partial charge in [-0.05, 0) is 7.05 Å². The minimum atomic E-state index is -4.27. The number of ether oxygens (including phenoxy) is 1. The van der Waals surface area contributed by atoms with Crippen LogP contribution in [0.4, 0.5) is 13.2 Å².